The molecule has 43 heavy (non-hydrogen) atoms. The second-order valence-electron chi connectivity index (χ2n) is 9.44. The standard InChI is InChI=1S/C30H23N5O8/c36-24-17-16-23-31-32-33-35(23)34(24)27-26(43-30(39)21-14-8-3-9-15-21)25(42-29(38)20-12-6-2-7-13-20)22(41-27)18-40-28(37)19-10-4-1-5-11-19/h1-17,22,25-27H,18H2/t22-,25-,26-,27-/m1/s1. The number of rotatable bonds is 8. The van der Waals surface area contributed by atoms with Gasteiger partial charge in [-0.2, -0.15) is 4.68 Å². The molecule has 0 unspecified atom stereocenters. The smallest absolute Gasteiger partial charge is 0.338 e. The van der Waals surface area contributed by atoms with Gasteiger partial charge in [-0.3, -0.25) is 4.79 Å². The first-order chi connectivity index (χ1) is 21.0. The lowest BCUT2D eigenvalue weighted by Crippen LogP contribution is -2.43. The number of tetrazole rings is 1. The van der Waals surface area contributed by atoms with Crippen LogP contribution in [0, 0.1) is 0 Å². The average Bonchev–Trinajstić information content (AvgIpc) is 3.66. The van der Waals surface area contributed by atoms with E-state index in [4.69, 9.17) is 18.9 Å². The first-order valence-electron chi connectivity index (χ1n) is 13.2. The van der Waals surface area contributed by atoms with Crippen molar-refractivity contribution in [2.24, 2.45) is 0 Å². The minimum absolute atomic E-state index is 0.202. The molecule has 0 aliphatic carbocycles. The molecule has 0 bridgehead atoms. The summed E-state index contributed by atoms with van der Waals surface area (Å²) in [5.41, 5.74) is 0.325. The van der Waals surface area contributed by atoms with Crippen LogP contribution in [0.15, 0.2) is 108 Å². The Bertz CT molecular complexity index is 1810. The SMILES string of the molecule is O=C(OC[C@H]1O[C@@H](n2c(=O)ccc3nnnn32)[C@H](OC(=O)c2ccccc2)[C@@H]1OC(=O)c1ccccc1)c1ccccc1. The third-order valence-electron chi connectivity index (χ3n) is 6.70. The second-order valence-corrected chi connectivity index (χ2v) is 9.44. The lowest BCUT2D eigenvalue weighted by atomic mass is 10.1. The summed E-state index contributed by atoms with van der Waals surface area (Å²) in [4.78, 5) is 52.5. The van der Waals surface area contributed by atoms with Crippen molar-refractivity contribution < 1.29 is 33.3 Å². The molecule has 6 rings (SSSR count). The molecule has 4 atom stereocenters. The highest BCUT2D eigenvalue weighted by atomic mass is 16.7. The predicted octanol–water partition coefficient (Wildman–Crippen LogP) is 2.49. The Hall–Kier alpha value is -5.69. The van der Waals surface area contributed by atoms with Crippen molar-refractivity contribution in [3.05, 3.63) is 130 Å². The molecule has 1 saturated heterocycles. The lowest BCUT2D eigenvalue weighted by Gasteiger charge is -2.25. The third-order valence-corrected chi connectivity index (χ3v) is 6.70. The second kappa shape index (κ2) is 12.0. The summed E-state index contributed by atoms with van der Waals surface area (Å²) in [6, 6.07) is 27.2. The van der Waals surface area contributed by atoms with E-state index in [-0.39, 0.29) is 22.3 Å². The highest BCUT2D eigenvalue weighted by molar-refractivity contribution is 5.91. The van der Waals surface area contributed by atoms with Gasteiger partial charge >= 0.3 is 17.9 Å². The van der Waals surface area contributed by atoms with Gasteiger partial charge in [0.2, 0.25) is 0 Å². The molecule has 0 radical (unpaired) electrons. The van der Waals surface area contributed by atoms with E-state index in [1.807, 2.05) is 0 Å². The Morgan fingerprint density at radius 1 is 0.698 bits per heavy atom. The largest absolute Gasteiger partial charge is 0.459 e. The van der Waals surface area contributed by atoms with Crippen molar-refractivity contribution in [3.63, 3.8) is 0 Å². The highest BCUT2D eigenvalue weighted by Gasteiger charge is 2.52. The first kappa shape index (κ1) is 27.5. The molecule has 3 aromatic carbocycles. The first-order valence-corrected chi connectivity index (χ1v) is 13.2. The minimum Gasteiger partial charge on any atom is -0.459 e. The average molecular weight is 582 g/mol. The maximum Gasteiger partial charge on any atom is 0.338 e. The van der Waals surface area contributed by atoms with Gasteiger partial charge in [0.15, 0.2) is 24.1 Å². The van der Waals surface area contributed by atoms with E-state index in [0.717, 1.165) is 9.31 Å². The minimum atomic E-state index is -1.40. The molecule has 1 aliphatic heterocycles. The summed E-state index contributed by atoms with van der Waals surface area (Å²) in [6.07, 6.45) is -5.28. The van der Waals surface area contributed by atoms with E-state index in [9.17, 15) is 19.2 Å². The van der Waals surface area contributed by atoms with Gasteiger partial charge in [-0.25, -0.2) is 14.4 Å². The summed E-state index contributed by atoms with van der Waals surface area (Å²) < 4.78 is 25.6. The van der Waals surface area contributed by atoms with Crippen LogP contribution < -0.4 is 5.56 Å². The Morgan fingerprint density at radius 2 is 1.23 bits per heavy atom. The van der Waals surface area contributed by atoms with Gasteiger partial charge in [-0.05, 0) is 52.9 Å². The van der Waals surface area contributed by atoms with Crippen LogP contribution in [0.25, 0.3) is 5.65 Å². The molecule has 3 heterocycles. The van der Waals surface area contributed by atoms with Gasteiger partial charge < -0.3 is 18.9 Å². The number of benzene rings is 3. The van der Waals surface area contributed by atoms with Gasteiger partial charge in [0.1, 0.15) is 12.7 Å². The number of carbonyl (C=O) groups is 3. The van der Waals surface area contributed by atoms with E-state index in [2.05, 4.69) is 15.5 Å². The maximum absolute atomic E-state index is 13.3. The van der Waals surface area contributed by atoms with Crippen LogP contribution in [-0.4, -0.2) is 67.7 Å². The molecule has 0 saturated carbocycles. The molecule has 2 aromatic heterocycles. The number of esters is 3. The summed E-state index contributed by atoms with van der Waals surface area (Å²) in [5, 5.41) is 11.4. The number of aromatic nitrogens is 5. The van der Waals surface area contributed by atoms with Crippen molar-refractivity contribution in [1.82, 2.24) is 24.8 Å². The molecule has 216 valence electrons. The van der Waals surface area contributed by atoms with E-state index in [0.29, 0.717) is 0 Å². The zero-order valence-corrected chi connectivity index (χ0v) is 22.3. The van der Waals surface area contributed by atoms with E-state index >= 15 is 0 Å². The van der Waals surface area contributed by atoms with Crippen LogP contribution in [0.4, 0.5) is 0 Å². The van der Waals surface area contributed by atoms with Crippen LogP contribution in [0.3, 0.4) is 0 Å². The molecule has 13 nitrogen and oxygen atoms in total. The number of nitrogens with zero attached hydrogens (tertiary/aromatic N) is 5. The monoisotopic (exact) mass is 581 g/mol. The lowest BCUT2D eigenvalue weighted by molar-refractivity contribution is -0.0721. The van der Waals surface area contributed by atoms with Crippen molar-refractivity contribution in [3.8, 4) is 0 Å². The zero-order chi connectivity index (χ0) is 29.8. The van der Waals surface area contributed by atoms with Crippen molar-refractivity contribution in [2.45, 2.75) is 24.5 Å². The molecule has 1 aliphatic rings. The molecule has 5 aromatic rings. The number of hydrogen-bond donors (Lipinski definition) is 0. The van der Waals surface area contributed by atoms with Crippen molar-refractivity contribution in [2.75, 3.05) is 6.61 Å². The molecular weight excluding hydrogens is 558 g/mol. The summed E-state index contributed by atoms with van der Waals surface area (Å²) in [5.74, 6) is -2.17. The topological polar surface area (TPSA) is 153 Å². The fraction of sp³-hybridized carbons (Fsp3) is 0.167. The van der Waals surface area contributed by atoms with Crippen LogP contribution in [0.2, 0.25) is 0 Å². The zero-order valence-electron chi connectivity index (χ0n) is 22.3. The van der Waals surface area contributed by atoms with Gasteiger partial charge in [0.25, 0.3) is 5.56 Å². The van der Waals surface area contributed by atoms with Crippen LogP contribution in [0.5, 0.6) is 0 Å². The molecule has 0 spiro atoms. The van der Waals surface area contributed by atoms with Crippen molar-refractivity contribution in [1.29, 1.82) is 0 Å². The summed E-state index contributed by atoms with van der Waals surface area (Å²) in [6.45, 7) is -0.406. The molecule has 0 N–H and O–H groups in total. The summed E-state index contributed by atoms with van der Waals surface area (Å²) in [7, 11) is 0. The van der Waals surface area contributed by atoms with E-state index in [1.54, 1.807) is 91.0 Å². The molecule has 13 heteroatoms. The van der Waals surface area contributed by atoms with Crippen LogP contribution >= 0.6 is 0 Å². The van der Waals surface area contributed by atoms with E-state index in [1.165, 1.54) is 12.1 Å². The Labute approximate surface area is 243 Å². The van der Waals surface area contributed by atoms with Crippen molar-refractivity contribution >= 4 is 23.6 Å². The normalized spacial score (nSPS) is 19.5. The third kappa shape index (κ3) is 5.74. The van der Waals surface area contributed by atoms with Gasteiger partial charge in [-0.1, -0.05) is 54.6 Å². The van der Waals surface area contributed by atoms with Crippen LogP contribution in [-0.2, 0) is 18.9 Å². The van der Waals surface area contributed by atoms with Gasteiger partial charge in [0, 0.05) is 6.07 Å². The van der Waals surface area contributed by atoms with Gasteiger partial charge in [0.05, 0.1) is 16.7 Å². The Morgan fingerprint density at radius 3 is 1.81 bits per heavy atom. The Balaban J connectivity index is 1.39. The number of fused-ring (bicyclic) bond motifs is 1. The van der Waals surface area contributed by atoms with Crippen LogP contribution in [0.1, 0.15) is 37.3 Å². The maximum atomic E-state index is 13.3. The molecule has 1 fully saturated rings. The Kier molecular flexibility index (Phi) is 7.70. The quantitative estimate of drug-likeness (QED) is 0.196. The highest BCUT2D eigenvalue weighted by Crippen LogP contribution is 2.34. The number of ether oxygens (including phenoxy) is 4. The number of hydrogen-bond acceptors (Lipinski definition) is 11. The van der Waals surface area contributed by atoms with Gasteiger partial charge in [-0.15, -0.1) is 9.73 Å². The molecule has 0 amide bonds. The molecular formula is C30H23N5O8. The fourth-order valence-electron chi connectivity index (χ4n) is 4.65. The van der Waals surface area contributed by atoms with E-state index < -0.39 is 54.6 Å². The predicted molar refractivity (Wildman–Crippen MR) is 147 cm³/mol. The number of carbonyl (C=O) groups excluding carboxylic acids is 3. The summed E-state index contributed by atoms with van der Waals surface area (Å²) >= 11 is 0. The fourth-order valence-corrected chi connectivity index (χ4v) is 4.65.